The van der Waals surface area contributed by atoms with Crippen molar-refractivity contribution in [3.05, 3.63) is 42.2 Å². The number of rotatable bonds is 7. The van der Waals surface area contributed by atoms with Crippen molar-refractivity contribution in [3.63, 3.8) is 0 Å². The average molecular weight is 271 g/mol. The van der Waals surface area contributed by atoms with Gasteiger partial charge in [-0.3, -0.25) is 4.57 Å². The second-order valence-corrected chi connectivity index (χ2v) is 5.67. The molecule has 3 heteroatoms. The van der Waals surface area contributed by atoms with Crippen molar-refractivity contribution in [2.24, 2.45) is 5.92 Å². The number of benzene rings is 1. The third-order valence-electron chi connectivity index (χ3n) is 3.34. The normalized spacial score (nSPS) is 11.0. The summed E-state index contributed by atoms with van der Waals surface area (Å²) in [6.45, 7) is 7.56. The van der Waals surface area contributed by atoms with Crippen molar-refractivity contribution >= 4 is 5.95 Å². The maximum atomic E-state index is 4.39. The van der Waals surface area contributed by atoms with Gasteiger partial charge < -0.3 is 5.32 Å². The Morgan fingerprint density at radius 2 is 1.95 bits per heavy atom. The Hall–Kier alpha value is -1.77. The molecule has 1 aromatic carbocycles. The molecule has 20 heavy (non-hydrogen) atoms. The summed E-state index contributed by atoms with van der Waals surface area (Å²) in [5.74, 6) is 1.52. The Morgan fingerprint density at radius 1 is 1.20 bits per heavy atom. The highest BCUT2D eigenvalue weighted by atomic mass is 15.2. The van der Waals surface area contributed by atoms with Gasteiger partial charge in [0.25, 0.3) is 0 Å². The summed E-state index contributed by atoms with van der Waals surface area (Å²) in [5.41, 5.74) is 2.57. The molecule has 2 aromatic rings. The van der Waals surface area contributed by atoms with Crippen LogP contribution in [0.15, 0.2) is 36.7 Å². The molecular formula is C17H25N3. The summed E-state index contributed by atoms with van der Waals surface area (Å²) in [4.78, 5) is 4.39. The van der Waals surface area contributed by atoms with Crippen molar-refractivity contribution in [2.75, 3.05) is 11.9 Å². The van der Waals surface area contributed by atoms with Crippen molar-refractivity contribution in [3.8, 4) is 5.69 Å². The minimum atomic E-state index is 0.608. The van der Waals surface area contributed by atoms with Crippen LogP contribution in [-0.4, -0.2) is 16.1 Å². The Balaban J connectivity index is 2.09. The topological polar surface area (TPSA) is 29.9 Å². The maximum Gasteiger partial charge on any atom is 0.207 e. The Morgan fingerprint density at radius 3 is 2.60 bits per heavy atom. The lowest BCUT2D eigenvalue weighted by Crippen LogP contribution is -2.12. The molecule has 3 nitrogen and oxygen atoms in total. The van der Waals surface area contributed by atoms with E-state index in [0.29, 0.717) is 5.92 Å². The fourth-order valence-corrected chi connectivity index (χ4v) is 2.14. The first-order chi connectivity index (χ1) is 9.70. The van der Waals surface area contributed by atoms with E-state index in [1.165, 1.54) is 24.8 Å². The van der Waals surface area contributed by atoms with Gasteiger partial charge in [0.1, 0.15) is 0 Å². The highest BCUT2D eigenvalue weighted by Crippen LogP contribution is 2.16. The van der Waals surface area contributed by atoms with Crippen molar-refractivity contribution in [1.82, 2.24) is 9.55 Å². The number of aromatic nitrogens is 2. The lowest BCUT2D eigenvalue weighted by molar-refractivity contribution is 0.683. The molecule has 1 aromatic heterocycles. The van der Waals surface area contributed by atoms with Crippen molar-refractivity contribution in [1.29, 1.82) is 0 Å². The summed E-state index contributed by atoms with van der Waals surface area (Å²) in [7, 11) is 0. The van der Waals surface area contributed by atoms with E-state index in [1.54, 1.807) is 0 Å². The number of hydrogen-bond acceptors (Lipinski definition) is 2. The first-order valence-electron chi connectivity index (χ1n) is 7.57. The number of anilines is 1. The molecule has 0 aliphatic carbocycles. The quantitative estimate of drug-likeness (QED) is 0.814. The smallest absolute Gasteiger partial charge is 0.207 e. The molecule has 2 rings (SSSR count). The third-order valence-corrected chi connectivity index (χ3v) is 3.34. The zero-order chi connectivity index (χ0) is 14.4. The first kappa shape index (κ1) is 14.6. The second-order valence-electron chi connectivity index (χ2n) is 5.67. The minimum Gasteiger partial charge on any atom is -0.355 e. The van der Waals surface area contributed by atoms with Gasteiger partial charge in [0.15, 0.2) is 0 Å². The number of unbranched alkanes of at least 4 members (excludes halogenated alkanes) is 1. The maximum absolute atomic E-state index is 4.39. The fraction of sp³-hybridized carbons (Fsp3) is 0.471. The lowest BCUT2D eigenvalue weighted by Gasteiger charge is -2.12. The molecule has 0 atom stereocenters. The van der Waals surface area contributed by atoms with E-state index in [2.05, 4.69) is 59.9 Å². The Kier molecular flexibility index (Phi) is 5.22. The monoisotopic (exact) mass is 271 g/mol. The standard InChI is InChI=1S/C17H25N3/c1-4-5-6-15-7-9-16(10-8-15)20-12-11-18-17(20)19-13-14(2)3/h7-12,14H,4-6,13H2,1-3H3,(H,18,19). The molecule has 1 N–H and O–H groups in total. The van der Waals surface area contributed by atoms with Gasteiger partial charge in [0.05, 0.1) is 0 Å². The number of imidazole rings is 1. The minimum absolute atomic E-state index is 0.608. The van der Waals surface area contributed by atoms with Gasteiger partial charge in [-0.05, 0) is 36.5 Å². The number of aryl methyl sites for hydroxylation is 1. The molecule has 0 radical (unpaired) electrons. The second kappa shape index (κ2) is 7.13. The molecule has 0 saturated carbocycles. The summed E-state index contributed by atoms with van der Waals surface area (Å²) in [6, 6.07) is 8.79. The van der Waals surface area contributed by atoms with Gasteiger partial charge in [-0.15, -0.1) is 0 Å². The summed E-state index contributed by atoms with van der Waals surface area (Å²) < 4.78 is 2.10. The number of hydrogen-bond donors (Lipinski definition) is 1. The van der Waals surface area contributed by atoms with E-state index in [4.69, 9.17) is 0 Å². The van der Waals surface area contributed by atoms with Gasteiger partial charge in [0, 0.05) is 24.6 Å². The van der Waals surface area contributed by atoms with Crippen LogP contribution in [-0.2, 0) is 6.42 Å². The fourth-order valence-electron chi connectivity index (χ4n) is 2.14. The zero-order valence-corrected chi connectivity index (χ0v) is 12.8. The molecule has 0 saturated heterocycles. The number of nitrogens with zero attached hydrogens (tertiary/aromatic N) is 2. The van der Waals surface area contributed by atoms with Crippen LogP contribution in [0.4, 0.5) is 5.95 Å². The largest absolute Gasteiger partial charge is 0.355 e. The SMILES string of the molecule is CCCCc1ccc(-n2ccnc2NCC(C)C)cc1. The Bertz CT molecular complexity index is 511. The van der Waals surface area contributed by atoms with Crippen LogP contribution >= 0.6 is 0 Å². The summed E-state index contributed by atoms with van der Waals surface area (Å²) >= 11 is 0. The lowest BCUT2D eigenvalue weighted by atomic mass is 10.1. The van der Waals surface area contributed by atoms with Gasteiger partial charge in [0.2, 0.25) is 5.95 Å². The molecule has 0 fully saturated rings. The van der Waals surface area contributed by atoms with Crippen molar-refractivity contribution in [2.45, 2.75) is 40.0 Å². The van der Waals surface area contributed by atoms with E-state index < -0.39 is 0 Å². The summed E-state index contributed by atoms with van der Waals surface area (Å²) in [5, 5.41) is 3.39. The van der Waals surface area contributed by atoms with Gasteiger partial charge >= 0.3 is 0 Å². The van der Waals surface area contributed by atoms with Crippen LogP contribution in [0.3, 0.4) is 0 Å². The molecule has 0 aliphatic rings. The van der Waals surface area contributed by atoms with Crippen LogP contribution < -0.4 is 5.32 Å². The predicted molar refractivity (Wildman–Crippen MR) is 85.5 cm³/mol. The van der Waals surface area contributed by atoms with Crippen LogP contribution in [0.1, 0.15) is 39.2 Å². The molecule has 0 bridgehead atoms. The summed E-state index contributed by atoms with van der Waals surface area (Å²) in [6.07, 6.45) is 7.51. The van der Waals surface area contributed by atoms with E-state index in [1.807, 2.05) is 12.4 Å². The zero-order valence-electron chi connectivity index (χ0n) is 12.8. The van der Waals surface area contributed by atoms with Crippen molar-refractivity contribution < 1.29 is 0 Å². The molecular weight excluding hydrogens is 246 g/mol. The van der Waals surface area contributed by atoms with E-state index in [9.17, 15) is 0 Å². The van der Waals surface area contributed by atoms with Crippen LogP contribution in [0.2, 0.25) is 0 Å². The molecule has 108 valence electrons. The molecule has 0 aliphatic heterocycles. The Labute approximate surface area is 122 Å². The van der Waals surface area contributed by atoms with E-state index in [0.717, 1.165) is 18.2 Å². The van der Waals surface area contributed by atoms with Gasteiger partial charge in [-0.25, -0.2) is 4.98 Å². The third kappa shape index (κ3) is 3.86. The van der Waals surface area contributed by atoms with E-state index >= 15 is 0 Å². The van der Waals surface area contributed by atoms with Crippen LogP contribution in [0.25, 0.3) is 5.69 Å². The molecule has 0 spiro atoms. The number of nitrogens with one attached hydrogen (secondary N) is 1. The first-order valence-corrected chi connectivity index (χ1v) is 7.57. The van der Waals surface area contributed by atoms with Gasteiger partial charge in [-0.1, -0.05) is 39.3 Å². The molecule has 1 heterocycles. The molecule has 0 amide bonds. The highest BCUT2D eigenvalue weighted by molar-refractivity contribution is 5.42. The van der Waals surface area contributed by atoms with Crippen LogP contribution in [0, 0.1) is 5.92 Å². The predicted octanol–water partition coefficient (Wildman–Crippen LogP) is 4.28. The highest BCUT2D eigenvalue weighted by Gasteiger charge is 2.05. The van der Waals surface area contributed by atoms with Gasteiger partial charge in [-0.2, -0.15) is 0 Å². The van der Waals surface area contributed by atoms with E-state index in [-0.39, 0.29) is 0 Å². The average Bonchev–Trinajstić information content (AvgIpc) is 2.92. The van der Waals surface area contributed by atoms with Crippen LogP contribution in [0.5, 0.6) is 0 Å². The molecule has 0 unspecified atom stereocenters.